The molecule has 1 heterocycles. The minimum atomic E-state index is -0.922. The molecule has 8 nitrogen and oxygen atoms in total. The molecular formula is C18H15FN4O4S. The minimum Gasteiger partial charge on any atom is -0.502 e. The third kappa shape index (κ3) is 3.76. The monoisotopic (exact) mass is 402 g/mol. The fourth-order valence-electron chi connectivity index (χ4n) is 2.89. The first kappa shape index (κ1) is 19.2. The SMILES string of the molecule is CC1=C(C(=O)Nc2ccc(F)cc2)[C@@H](c2cccc([N+](=O)[O-])c2O)NC(=S)N1. The molecule has 0 saturated carbocycles. The maximum absolute atomic E-state index is 13.1. The van der Waals surface area contributed by atoms with Crippen LogP contribution in [0.15, 0.2) is 53.7 Å². The number of carbonyl (C=O) groups is 1. The number of phenolic OH excluding ortho intramolecular Hbond substituents is 1. The summed E-state index contributed by atoms with van der Waals surface area (Å²) in [5.74, 6) is -1.55. The number of halogens is 1. The number of anilines is 1. The molecule has 144 valence electrons. The van der Waals surface area contributed by atoms with Crippen molar-refractivity contribution in [2.24, 2.45) is 0 Å². The lowest BCUT2D eigenvalue weighted by Gasteiger charge is -2.30. The summed E-state index contributed by atoms with van der Waals surface area (Å²) < 4.78 is 13.1. The van der Waals surface area contributed by atoms with E-state index < -0.39 is 34.1 Å². The van der Waals surface area contributed by atoms with Crippen molar-refractivity contribution in [3.8, 4) is 5.75 Å². The van der Waals surface area contributed by atoms with Crippen LogP contribution in [0.3, 0.4) is 0 Å². The number of carbonyl (C=O) groups excluding carboxylic acids is 1. The Bertz CT molecular complexity index is 1010. The number of amides is 1. The van der Waals surface area contributed by atoms with E-state index in [0.29, 0.717) is 11.4 Å². The molecule has 28 heavy (non-hydrogen) atoms. The van der Waals surface area contributed by atoms with Crippen LogP contribution in [-0.2, 0) is 4.79 Å². The Hall–Kier alpha value is -3.53. The van der Waals surface area contributed by atoms with E-state index in [2.05, 4.69) is 16.0 Å². The molecule has 1 aliphatic rings. The van der Waals surface area contributed by atoms with Crippen LogP contribution >= 0.6 is 12.2 Å². The second kappa shape index (κ2) is 7.61. The second-order valence-electron chi connectivity index (χ2n) is 6.00. The second-order valence-corrected chi connectivity index (χ2v) is 6.41. The number of hydrogen-bond acceptors (Lipinski definition) is 5. The van der Waals surface area contributed by atoms with Crippen molar-refractivity contribution in [1.29, 1.82) is 0 Å². The lowest BCUT2D eigenvalue weighted by Crippen LogP contribution is -2.45. The lowest BCUT2D eigenvalue weighted by molar-refractivity contribution is -0.385. The van der Waals surface area contributed by atoms with E-state index in [-0.39, 0.29) is 16.2 Å². The fraction of sp³-hybridized carbons (Fsp3) is 0.111. The summed E-state index contributed by atoms with van der Waals surface area (Å²) in [6.07, 6.45) is 0. The normalized spacial score (nSPS) is 16.2. The number of benzene rings is 2. The molecular weight excluding hydrogens is 387 g/mol. The maximum atomic E-state index is 13.1. The average Bonchev–Trinajstić information content (AvgIpc) is 2.62. The summed E-state index contributed by atoms with van der Waals surface area (Å²) in [6.45, 7) is 1.62. The van der Waals surface area contributed by atoms with Crippen LogP contribution in [0.25, 0.3) is 0 Å². The summed E-state index contributed by atoms with van der Waals surface area (Å²) in [4.78, 5) is 23.3. The van der Waals surface area contributed by atoms with Crippen molar-refractivity contribution in [3.63, 3.8) is 0 Å². The predicted molar refractivity (Wildman–Crippen MR) is 104 cm³/mol. The molecule has 1 amide bonds. The number of nitro benzene ring substituents is 1. The van der Waals surface area contributed by atoms with Gasteiger partial charge in [0.25, 0.3) is 5.91 Å². The van der Waals surface area contributed by atoms with Crippen molar-refractivity contribution in [2.75, 3.05) is 5.32 Å². The van der Waals surface area contributed by atoms with Crippen LogP contribution < -0.4 is 16.0 Å². The van der Waals surface area contributed by atoms with Gasteiger partial charge < -0.3 is 21.1 Å². The molecule has 3 rings (SSSR count). The van der Waals surface area contributed by atoms with Gasteiger partial charge >= 0.3 is 5.69 Å². The van der Waals surface area contributed by atoms with Gasteiger partial charge in [-0.2, -0.15) is 0 Å². The molecule has 4 N–H and O–H groups in total. The van der Waals surface area contributed by atoms with Gasteiger partial charge in [0.2, 0.25) is 0 Å². The summed E-state index contributed by atoms with van der Waals surface area (Å²) in [6, 6.07) is 8.31. The van der Waals surface area contributed by atoms with Gasteiger partial charge in [0.15, 0.2) is 10.9 Å². The van der Waals surface area contributed by atoms with Gasteiger partial charge in [-0.05, 0) is 43.4 Å². The zero-order valence-electron chi connectivity index (χ0n) is 14.5. The zero-order valence-corrected chi connectivity index (χ0v) is 15.3. The molecule has 1 atom stereocenters. The molecule has 0 fully saturated rings. The first-order valence-electron chi connectivity index (χ1n) is 8.09. The van der Waals surface area contributed by atoms with Gasteiger partial charge in [-0.15, -0.1) is 0 Å². The number of nitrogens with zero attached hydrogens (tertiary/aromatic N) is 1. The van der Waals surface area contributed by atoms with Crippen LogP contribution in [0.1, 0.15) is 18.5 Å². The Morgan fingerprint density at radius 1 is 1.29 bits per heavy atom. The third-order valence-electron chi connectivity index (χ3n) is 4.17. The number of thiocarbonyl (C=S) groups is 1. The highest BCUT2D eigenvalue weighted by atomic mass is 32.1. The number of para-hydroxylation sites is 1. The van der Waals surface area contributed by atoms with E-state index in [9.17, 15) is 24.4 Å². The van der Waals surface area contributed by atoms with Gasteiger partial charge in [0, 0.05) is 23.0 Å². The van der Waals surface area contributed by atoms with Gasteiger partial charge in [-0.1, -0.05) is 12.1 Å². The molecule has 0 unspecified atom stereocenters. The number of rotatable bonds is 4. The van der Waals surface area contributed by atoms with Gasteiger partial charge in [0.05, 0.1) is 16.5 Å². The molecule has 0 aliphatic carbocycles. The number of aromatic hydroxyl groups is 1. The van der Waals surface area contributed by atoms with E-state index in [1.807, 2.05) is 0 Å². The Balaban J connectivity index is 2.02. The third-order valence-corrected chi connectivity index (χ3v) is 4.39. The van der Waals surface area contributed by atoms with Crippen LogP contribution in [0.5, 0.6) is 5.75 Å². The molecule has 0 spiro atoms. The molecule has 2 aromatic rings. The molecule has 1 aliphatic heterocycles. The topological polar surface area (TPSA) is 117 Å². The largest absolute Gasteiger partial charge is 0.502 e. The number of phenols is 1. The van der Waals surface area contributed by atoms with E-state index in [1.165, 1.54) is 36.4 Å². The number of nitro groups is 1. The van der Waals surface area contributed by atoms with E-state index in [1.54, 1.807) is 6.92 Å². The molecule has 2 aromatic carbocycles. The molecule has 0 radical (unpaired) electrons. The first-order valence-corrected chi connectivity index (χ1v) is 8.50. The molecule has 0 saturated heterocycles. The van der Waals surface area contributed by atoms with E-state index in [0.717, 1.165) is 6.07 Å². The Labute approximate surface area is 164 Å². The van der Waals surface area contributed by atoms with Gasteiger partial charge in [-0.3, -0.25) is 14.9 Å². The Morgan fingerprint density at radius 3 is 2.61 bits per heavy atom. The van der Waals surface area contributed by atoms with Crippen molar-refractivity contribution in [3.05, 3.63) is 75.2 Å². The summed E-state index contributed by atoms with van der Waals surface area (Å²) in [7, 11) is 0. The highest BCUT2D eigenvalue weighted by Crippen LogP contribution is 2.38. The van der Waals surface area contributed by atoms with Crippen LogP contribution in [-0.4, -0.2) is 21.0 Å². The highest BCUT2D eigenvalue weighted by molar-refractivity contribution is 7.80. The minimum absolute atomic E-state index is 0.127. The number of allylic oxidation sites excluding steroid dienone is 1. The van der Waals surface area contributed by atoms with Crippen LogP contribution in [0.4, 0.5) is 15.8 Å². The maximum Gasteiger partial charge on any atom is 0.311 e. The number of hydrogen-bond donors (Lipinski definition) is 4. The average molecular weight is 402 g/mol. The van der Waals surface area contributed by atoms with Crippen LogP contribution in [0, 0.1) is 15.9 Å². The zero-order chi connectivity index (χ0) is 20.4. The number of nitrogens with one attached hydrogen (secondary N) is 3. The predicted octanol–water partition coefficient (Wildman–Crippen LogP) is 2.87. The standard InChI is InChI=1S/C18H15FN4O4S/c1-9-14(17(25)21-11-7-5-10(19)6-8-11)15(22-18(28)20-9)12-3-2-4-13(16(12)24)23(26)27/h2-8,15,24H,1H3,(H,21,25)(H2,20,22,28)/t15-/m1/s1. The molecule has 0 bridgehead atoms. The Kier molecular flexibility index (Phi) is 5.23. The molecule has 10 heteroatoms. The van der Waals surface area contributed by atoms with Crippen molar-refractivity contribution in [2.45, 2.75) is 13.0 Å². The van der Waals surface area contributed by atoms with Crippen molar-refractivity contribution >= 4 is 34.6 Å². The fourth-order valence-corrected chi connectivity index (χ4v) is 3.16. The molecule has 0 aromatic heterocycles. The van der Waals surface area contributed by atoms with Crippen LogP contribution in [0.2, 0.25) is 0 Å². The van der Waals surface area contributed by atoms with Crippen molar-refractivity contribution < 1.29 is 19.2 Å². The van der Waals surface area contributed by atoms with Gasteiger partial charge in [0.1, 0.15) is 5.82 Å². The van der Waals surface area contributed by atoms with Crippen molar-refractivity contribution in [1.82, 2.24) is 10.6 Å². The lowest BCUT2D eigenvalue weighted by atomic mass is 9.93. The summed E-state index contributed by atoms with van der Waals surface area (Å²) in [5.41, 5.74) is 0.594. The smallest absolute Gasteiger partial charge is 0.311 e. The first-order chi connectivity index (χ1) is 13.3. The Morgan fingerprint density at radius 2 is 1.96 bits per heavy atom. The quantitative estimate of drug-likeness (QED) is 0.353. The van der Waals surface area contributed by atoms with E-state index in [4.69, 9.17) is 12.2 Å². The summed E-state index contributed by atoms with van der Waals surface area (Å²) in [5, 5.41) is 30.0. The van der Waals surface area contributed by atoms with E-state index >= 15 is 0 Å². The van der Waals surface area contributed by atoms with Gasteiger partial charge in [-0.25, -0.2) is 4.39 Å². The summed E-state index contributed by atoms with van der Waals surface area (Å²) >= 11 is 5.13. The highest BCUT2D eigenvalue weighted by Gasteiger charge is 2.33.